The zero-order chi connectivity index (χ0) is 43.8. The molecular formula is C46H80NO11P. The molecule has 13 heteroatoms. The van der Waals surface area contributed by atoms with Crippen molar-refractivity contribution >= 4 is 25.5 Å². The van der Waals surface area contributed by atoms with E-state index in [0.29, 0.717) is 36.7 Å². The molecule has 340 valence electrons. The second-order valence-electron chi connectivity index (χ2n) is 16.8. The molecule has 0 bridgehead atoms. The van der Waals surface area contributed by atoms with E-state index in [0.717, 1.165) is 89.9 Å². The Morgan fingerprint density at radius 2 is 1.46 bits per heavy atom. The number of allylic oxidation sites excluding steroid dienone is 7. The van der Waals surface area contributed by atoms with Gasteiger partial charge in [-0.25, -0.2) is 0 Å². The highest BCUT2D eigenvalue weighted by Gasteiger charge is 2.39. The number of ether oxygens (including phenoxy) is 2. The molecule has 1 aliphatic carbocycles. The number of aliphatic hydroxyl groups is 2. The number of carbonyl (C=O) groups excluding carboxylic acids is 3. The molecule has 0 spiro atoms. The Kier molecular flexibility index (Phi) is 30.7. The summed E-state index contributed by atoms with van der Waals surface area (Å²) in [4.78, 5) is 50.3. The predicted molar refractivity (Wildman–Crippen MR) is 232 cm³/mol. The van der Waals surface area contributed by atoms with Crippen LogP contribution in [0.25, 0.3) is 0 Å². The van der Waals surface area contributed by atoms with E-state index in [1.165, 1.54) is 0 Å². The number of nitrogens with zero attached hydrogens (tertiary/aromatic N) is 1. The van der Waals surface area contributed by atoms with Crippen LogP contribution in [0, 0.1) is 11.8 Å². The maximum atomic E-state index is 12.7. The number of Topliss-reactive ketones (excluding diaryl/α,β-unsaturated/α-hetero) is 1. The van der Waals surface area contributed by atoms with E-state index in [-0.39, 0.29) is 44.2 Å². The quantitative estimate of drug-likeness (QED) is 0.0203. The van der Waals surface area contributed by atoms with E-state index in [1.807, 2.05) is 21.1 Å². The van der Waals surface area contributed by atoms with Crippen LogP contribution in [0.4, 0.5) is 0 Å². The van der Waals surface area contributed by atoms with Gasteiger partial charge in [0.2, 0.25) is 0 Å². The number of unbranched alkanes of at least 4 members (excludes halogenated alkanes) is 10. The van der Waals surface area contributed by atoms with Crippen LogP contribution in [-0.2, 0) is 37.5 Å². The first kappa shape index (κ1) is 54.6. The van der Waals surface area contributed by atoms with Gasteiger partial charge in [0, 0.05) is 25.2 Å². The van der Waals surface area contributed by atoms with Crippen LogP contribution in [-0.4, -0.2) is 98.2 Å². The Morgan fingerprint density at radius 1 is 0.831 bits per heavy atom. The lowest BCUT2D eigenvalue weighted by molar-refractivity contribution is -0.870. The van der Waals surface area contributed by atoms with Gasteiger partial charge in [0.15, 0.2) is 6.10 Å². The normalized spacial score (nSPS) is 19.7. The predicted octanol–water partition coefficient (Wildman–Crippen LogP) is 8.64. The lowest BCUT2D eigenvalue weighted by Gasteiger charge is -2.28. The Bertz CT molecular complexity index is 1310. The topological polar surface area (TPSA) is 169 Å². The molecule has 1 fully saturated rings. The van der Waals surface area contributed by atoms with Gasteiger partial charge in [-0.15, -0.1) is 0 Å². The summed E-state index contributed by atoms with van der Waals surface area (Å²) in [5.41, 5.74) is 0. The molecule has 1 unspecified atom stereocenters. The van der Waals surface area contributed by atoms with Crippen LogP contribution >= 0.6 is 7.82 Å². The van der Waals surface area contributed by atoms with Gasteiger partial charge in [-0.2, -0.15) is 0 Å². The van der Waals surface area contributed by atoms with Gasteiger partial charge >= 0.3 is 11.9 Å². The molecule has 12 nitrogen and oxygen atoms in total. The smallest absolute Gasteiger partial charge is 0.306 e. The van der Waals surface area contributed by atoms with E-state index in [1.54, 1.807) is 12.2 Å². The number of ketones is 1. The lowest BCUT2D eigenvalue weighted by atomic mass is 9.88. The molecule has 0 aromatic carbocycles. The van der Waals surface area contributed by atoms with Gasteiger partial charge in [0.25, 0.3) is 7.82 Å². The SMILES string of the molecule is CC/C=C\C/C=C\C/C=C\CCCCCCCC(=O)O[C@H](COC(=O)CCCCCC[C@H]1[C@@H](O)CC(=O)[C@@H]1/C=C/[C@@H](O)CCCCC)COP(=O)([O-])OCC[N+](C)(C)C. The zero-order valence-electron chi connectivity index (χ0n) is 37.1. The molecule has 1 rings (SSSR count). The Hall–Kier alpha value is -2.44. The van der Waals surface area contributed by atoms with Crippen molar-refractivity contribution in [3.63, 3.8) is 0 Å². The number of hydrogen-bond acceptors (Lipinski definition) is 11. The molecule has 1 saturated carbocycles. The van der Waals surface area contributed by atoms with Gasteiger partial charge in [0.1, 0.15) is 25.5 Å². The third-order valence-electron chi connectivity index (χ3n) is 10.2. The summed E-state index contributed by atoms with van der Waals surface area (Å²) >= 11 is 0. The second kappa shape index (κ2) is 33.2. The molecule has 0 heterocycles. The summed E-state index contributed by atoms with van der Waals surface area (Å²) in [5.74, 6) is -1.59. The van der Waals surface area contributed by atoms with Crippen molar-refractivity contribution in [1.29, 1.82) is 0 Å². The fourth-order valence-corrected chi connectivity index (χ4v) is 7.42. The maximum Gasteiger partial charge on any atom is 0.306 e. The third-order valence-corrected chi connectivity index (χ3v) is 11.2. The molecule has 0 radical (unpaired) electrons. The summed E-state index contributed by atoms with van der Waals surface area (Å²) < 4.78 is 33.8. The largest absolute Gasteiger partial charge is 0.756 e. The molecule has 6 atom stereocenters. The molecule has 0 aromatic rings. The summed E-state index contributed by atoms with van der Waals surface area (Å²) in [6.07, 6.45) is 30.4. The zero-order valence-corrected chi connectivity index (χ0v) is 38.0. The molecule has 59 heavy (non-hydrogen) atoms. The number of carbonyl (C=O) groups is 3. The molecule has 1 aliphatic rings. The van der Waals surface area contributed by atoms with Crippen LogP contribution in [0.5, 0.6) is 0 Å². The number of esters is 2. The van der Waals surface area contributed by atoms with Gasteiger partial charge < -0.3 is 38.1 Å². The maximum absolute atomic E-state index is 12.7. The van der Waals surface area contributed by atoms with E-state index in [2.05, 4.69) is 50.3 Å². The number of rotatable bonds is 36. The van der Waals surface area contributed by atoms with Crippen molar-refractivity contribution in [1.82, 2.24) is 0 Å². The van der Waals surface area contributed by atoms with Crippen molar-refractivity contribution < 1.29 is 57.1 Å². The fraction of sp³-hybridized carbons (Fsp3) is 0.761. The lowest BCUT2D eigenvalue weighted by Crippen LogP contribution is -2.37. The Morgan fingerprint density at radius 3 is 2.14 bits per heavy atom. The monoisotopic (exact) mass is 854 g/mol. The first-order valence-electron chi connectivity index (χ1n) is 22.4. The highest BCUT2D eigenvalue weighted by atomic mass is 31.2. The van der Waals surface area contributed by atoms with Crippen LogP contribution in [0.15, 0.2) is 48.6 Å². The Balaban J connectivity index is 2.48. The number of phosphoric ester groups is 1. The van der Waals surface area contributed by atoms with Gasteiger partial charge in [-0.05, 0) is 63.7 Å². The standard InChI is InChI=1S/C46H80NO11P/c1-6-8-10-11-12-13-14-15-16-17-18-19-20-21-27-31-46(52)58-40(38-57-59(53,54)56-35-34-47(3,4)5)37-55-45(51)30-26-23-22-25-29-41-42(44(50)36-43(41)49)33-32-39(48)28-24-9-7-2/h8,10,12-13,15-16,32-33,39-43,48-49H,6-7,9,11,14,17-31,34-38H2,1-5H3/b10-8-,13-12-,16-15-,33-32+/t39-,40+,41+,42+,43-/m0/s1. The van der Waals surface area contributed by atoms with E-state index < -0.39 is 50.6 Å². The number of likely N-dealkylation sites (N-methyl/N-ethyl adjacent to an activating group) is 1. The summed E-state index contributed by atoms with van der Waals surface area (Å²) in [7, 11) is 1.02. The van der Waals surface area contributed by atoms with Crippen molar-refractivity contribution in [3.05, 3.63) is 48.6 Å². The van der Waals surface area contributed by atoms with Crippen molar-refractivity contribution in [3.8, 4) is 0 Å². The highest BCUT2D eigenvalue weighted by Crippen LogP contribution is 2.38. The van der Waals surface area contributed by atoms with Crippen LogP contribution in [0.1, 0.15) is 149 Å². The molecular weight excluding hydrogens is 773 g/mol. The van der Waals surface area contributed by atoms with E-state index >= 15 is 0 Å². The van der Waals surface area contributed by atoms with Crippen molar-refractivity contribution in [2.75, 3.05) is 47.5 Å². The van der Waals surface area contributed by atoms with Crippen LogP contribution in [0.2, 0.25) is 0 Å². The summed E-state index contributed by atoms with van der Waals surface area (Å²) in [5, 5.41) is 20.8. The summed E-state index contributed by atoms with van der Waals surface area (Å²) in [6, 6.07) is 0. The second-order valence-corrected chi connectivity index (χ2v) is 18.2. The molecule has 0 amide bonds. The minimum Gasteiger partial charge on any atom is -0.756 e. The first-order valence-corrected chi connectivity index (χ1v) is 23.9. The number of quaternary nitrogens is 1. The molecule has 0 saturated heterocycles. The Labute approximate surface area is 356 Å². The highest BCUT2D eigenvalue weighted by molar-refractivity contribution is 7.45. The van der Waals surface area contributed by atoms with Crippen LogP contribution < -0.4 is 4.89 Å². The van der Waals surface area contributed by atoms with Gasteiger partial charge in [0.05, 0.1) is 40.0 Å². The molecule has 0 aromatic heterocycles. The minimum absolute atomic E-state index is 0.00220. The van der Waals surface area contributed by atoms with Crippen LogP contribution in [0.3, 0.4) is 0 Å². The average molecular weight is 854 g/mol. The number of phosphoric acid groups is 1. The summed E-state index contributed by atoms with van der Waals surface area (Å²) in [6.45, 7) is 3.71. The van der Waals surface area contributed by atoms with Gasteiger partial charge in [-0.3, -0.25) is 18.9 Å². The molecule has 2 N–H and O–H groups in total. The van der Waals surface area contributed by atoms with Crippen molar-refractivity contribution in [2.45, 2.75) is 167 Å². The van der Waals surface area contributed by atoms with E-state index in [9.17, 15) is 34.1 Å². The fourth-order valence-electron chi connectivity index (χ4n) is 6.69. The minimum atomic E-state index is -4.69. The average Bonchev–Trinajstić information content (AvgIpc) is 3.44. The number of hydrogen-bond donors (Lipinski definition) is 2. The molecule has 0 aliphatic heterocycles. The van der Waals surface area contributed by atoms with E-state index in [4.69, 9.17) is 18.5 Å². The number of aliphatic hydroxyl groups excluding tert-OH is 2. The van der Waals surface area contributed by atoms with Crippen molar-refractivity contribution in [2.24, 2.45) is 11.8 Å². The third kappa shape index (κ3) is 30.3. The first-order chi connectivity index (χ1) is 28.2. The van der Waals surface area contributed by atoms with Gasteiger partial charge in [-0.1, -0.05) is 120 Å².